The average molecular weight is 291 g/mol. The van der Waals surface area contributed by atoms with E-state index < -0.39 is 0 Å². The van der Waals surface area contributed by atoms with E-state index in [0.29, 0.717) is 17.3 Å². The molecule has 0 radical (unpaired) electrons. The highest BCUT2D eigenvalue weighted by Gasteiger charge is 2.07. The Labute approximate surface area is 124 Å². The number of rotatable bonds is 4. The van der Waals surface area contributed by atoms with Crippen molar-refractivity contribution in [3.05, 3.63) is 52.5 Å². The van der Waals surface area contributed by atoms with Crippen molar-refractivity contribution in [2.75, 3.05) is 24.3 Å². The lowest BCUT2D eigenvalue weighted by molar-refractivity contribution is 0.465. The second-order valence-corrected chi connectivity index (χ2v) is 5.43. The van der Waals surface area contributed by atoms with Gasteiger partial charge in [-0.3, -0.25) is 0 Å². The van der Waals surface area contributed by atoms with E-state index in [9.17, 15) is 5.11 Å². The van der Waals surface area contributed by atoms with Crippen LogP contribution in [0.4, 0.5) is 11.4 Å². The van der Waals surface area contributed by atoms with E-state index in [2.05, 4.69) is 5.32 Å². The number of phenolic OH excluding ortho intramolecular Hbond substituents is 1. The Morgan fingerprint density at radius 3 is 2.65 bits per heavy atom. The molecule has 0 aliphatic rings. The fourth-order valence-electron chi connectivity index (χ4n) is 2.09. The van der Waals surface area contributed by atoms with E-state index in [1.807, 2.05) is 62.3 Å². The molecule has 2 aromatic rings. The molecule has 0 unspecified atom stereocenters. The third-order valence-corrected chi connectivity index (χ3v) is 3.47. The van der Waals surface area contributed by atoms with E-state index in [1.54, 1.807) is 0 Å². The topological polar surface area (TPSA) is 35.5 Å². The maximum Gasteiger partial charge on any atom is 0.123 e. The minimum absolute atomic E-state index is 0.341. The average Bonchev–Trinajstić information content (AvgIpc) is 2.40. The molecule has 4 heteroatoms. The van der Waals surface area contributed by atoms with Crippen LogP contribution in [0.15, 0.2) is 36.4 Å². The standard InChI is InChI=1S/C16H19ClN2O/c1-11-5-4-6-12(16(11)20)10-18-14-9-13(17)7-8-15(14)19(2)3/h4-9,18,20H,10H2,1-3H3. The Bertz CT molecular complexity index is 611. The molecule has 0 heterocycles. The summed E-state index contributed by atoms with van der Waals surface area (Å²) in [7, 11) is 3.97. The smallest absolute Gasteiger partial charge is 0.123 e. The molecule has 0 aromatic heterocycles. The molecule has 0 aliphatic heterocycles. The van der Waals surface area contributed by atoms with Crippen LogP contribution in [0.3, 0.4) is 0 Å². The van der Waals surface area contributed by atoms with E-state index in [4.69, 9.17) is 11.6 Å². The third-order valence-electron chi connectivity index (χ3n) is 3.23. The van der Waals surface area contributed by atoms with Crippen LogP contribution in [0.1, 0.15) is 11.1 Å². The summed E-state index contributed by atoms with van der Waals surface area (Å²) in [6.07, 6.45) is 0. The lowest BCUT2D eigenvalue weighted by Gasteiger charge is -2.19. The van der Waals surface area contributed by atoms with Crippen LogP contribution in [0.25, 0.3) is 0 Å². The predicted molar refractivity (Wildman–Crippen MR) is 85.9 cm³/mol. The van der Waals surface area contributed by atoms with Crippen LogP contribution in [-0.4, -0.2) is 19.2 Å². The van der Waals surface area contributed by atoms with Crippen molar-refractivity contribution in [2.45, 2.75) is 13.5 Å². The Kier molecular flexibility index (Phi) is 4.40. The highest BCUT2D eigenvalue weighted by Crippen LogP contribution is 2.29. The molecule has 106 valence electrons. The van der Waals surface area contributed by atoms with Gasteiger partial charge in [0.05, 0.1) is 11.4 Å². The fraction of sp³-hybridized carbons (Fsp3) is 0.250. The molecule has 2 rings (SSSR count). The molecule has 0 fully saturated rings. The number of nitrogens with one attached hydrogen (secondary N) is 1. The molecule has 20 heavy (non-hydrogen) atoms. The first-order valence-electron chi connectivity index (χ1n) is 6.47. The number of para-hydroxylation sites is 1. The second kappa shape index (κ2) is 6.06. The maximum atomic E-state index is 10.0. The number of phenols is 1. The van der Waals surface area contributed by atoms with Gasteiger partial charge in [-0.1, -0.05) is 29.8 Å². The Hall–Kier alpha value is -1.87. The fourth-order valence-corrected chi connectivity index (χ4v) is 2.26. The first kappa shape index (κ1) is 14.5. The largest absolute Gasteiger partial charge is 0.507 e. The Morgan fingerprint density at radius 2 is 1.95 bits per heavy atom. The zero-order valence-electron chi connectivity index (χ0n) is 11.9. The minimum Gasteiger partial charge on any atom is -0.507 e. The van der Waals surface area contributed by atoms with Crippen molar-refractivity contribution in [1.82, 2.24) is 0 Å². The van der Waals surface area contributed by atoms with Crippen molar-refractivity contribution in [3.63, 3.8) is 0 Å². The van der Waals surface area contributed by atoms with Gasteiger partial charge in [-0.05, 0) is 30.7 Å². The van der Waals surface area contributed by atoms with E-state index in [0.717, 1.165) is 22.5 Å². The zero-order valence-corrected chi connectivity index (χ0v) is 12.7. The number of aryl methyl sites for hydroxylation is 1. The Morgan fingerprint density at radius 1 is 1.20 bits per heavy atom. The normalized spacial score (nSPS) is 10.4. The quantitative estimate of drug-likeness (QED) is 0.892. The van der Waals surface area contributed by atoms with Crippen molar-refractivity contribution in [3.8, 4) is 5.75 Å². The van der Waals surface area contributed by atoms with Gasteiger partial charge in [0.25, 0.3) is 0 Å². The van der Waals surface area contributed by atoms with Gasteiger partial charge in [0, 0.05) is 31.2 Å². The van der Waals surface area contributed by atoms with Crippen LogP contribution in [0.5, 0.6) is 5.75 Å². The molecular formula is C16H19ClN2O. The maximum absolute atomic E-state index is 10.0. The molecular weight excluding hydrogens is 272 g/mol. The summed E-state index contributed by atoms with van der Waals surface area (Å²) in [5.41, 5.74) is 3.75. The number of anilines is 2. The van der Waals surface area contributed by atoms with Crippen LogP contribution < -0.4 is 10.2 Å². The lowest BCUT2D eigenvalue weighted by Crippen LogP contribution is -2.12. The molecule has 2 aromatic carbocycles. The van der Waals surface area contributed by atoms with Gasteiger partial charge in [0.15, 0.2) is 0 Å². The van der Waals surface area contributed by atoms with Gasteiger partial charge < -0.3 is 15.3 Å². The number of nitrogens with zero attached hydrogens (tertiary/aromatic N) is 1. The van der Waals surface area contributed by atoms with Gasteiger partial charge in [-0.15, -0.1) is 0 Å². The summed E-state index contributed by atoms with van der Waals surface area (Å²) in [5, 5.41) is 14.1. The van der Waals surface area contributed by atoms with Gasteiger partial charge >= 0.3 is 0 Å². The molecule has 0 saturated heterocycles. The molecule has 3 nitrogen and oxygen atoms in total. The van der Waals surface area contributed by atoms with Gasteiger partial charge in [-0.25, -0.2) is 0 Å². The summed E-state index contributed by atoms with van der Waals surface area (Å²) in [4.78, 5) is 2.02. The third kappa shape index (κ3) is 3.17. The summed E-state index contributed by atoms with van der Waals surface area (Å²) < 4.78 is 0. The van der Waals surface area contributed by atoms with Crippen LogP contribution in [-0.2, 0) is 6.54 Å². The van der Waals surface area contributed by atoms with Crippen LogP contribution in [0.2, 0.25) is 5.02 Å². The molecule has 0 amide bonds. The first-order valence-corrected chi connectivity index (χ1v) is 6.85. The minimum atomic E-state index is 0.341. The Balaban J connectivity index is 2.22. The number of aromatic hydroxyl groups is 1. The van der Waals surface area contributed by atoms with Gasteiger partial charge in [0.2, 0.25) is 0 Å². The van der Waals surface area contributed by atoms with Crippen molar-refractivity contribution < 1.29 is 5.11 Å². The summed E-state index contributed by atoms with van der Waals surface area (Å²) in [6.45, 7) is 2.44. The molecule has 0 saturated carbocycles. The number of hydrogen-bond acceptors (Lipinski definition) is 3. The van der Waals surface area contributed by atoms with Crippen LogP contribution in [0, 0.1) is 6.92 Å². The lowest BCUT2D eigenvalue weighted by atomic mass is 10.1. The number of hydrogen-bond donors (Lipinski definition) is 2. The highest BCUT2D eigenvalue weighted by molar-refractivity contribution is 6.31. The second-order valence-electron chi connectivity index (χ2n) is 4.99. The van der Waals surface area contributed by atoms with E-state index >= 15 is 0 Å². The van der Waals surface area contributed by atoms with E-state index in [-0.39, 0.29) is 0 Å². The summed E-state index contributed by atoms with van der Waals surface area (Å²) in [5.74, 6) is 0.341. The zero-order chi connectivity index (χ0) is 14.7. The molecule has 0 aliphatic carbocycles. The molecule has 2 N–H and O–H groups in total. The van der Waals surface area contributed by atoms with E-state index in [1.165, 1.54) is 0 Å². The molecule has 0 bridgehead atoms. The number of halogens is 1. The summed E-state index contributed by atoms with van der Waals surface area (Å²) >= 11 is 6.05. The van der Waals surface area contributed by atoms with Crippen LogP contribution >= 0.6 is 11.6 Å². The summed E-state index contributed by atoms with van der Waals surface area (Å²) in [6, 6.07) is 11.5. The molecule has 0 atom stereocenters. The number of benzene rings is 2. The van der Waals surface area contributed by atoms with Crippen molar-refractivity contribution in [2.24, 2.45) is 0 Å². The SMILES string of the molecule is Cc1cccc(CNc2cc(Cl)ccc2N(C)C)c1O. The monoisotopic (exact) mass is 290 g/mol. The van der Waals surface area contributed by atoms with Crippen molar-refractivity contribution in [1.29, 1.82) is 0 Å². The first-order chi connectivity index (χ1) is 9.49. The van der Waals surface area contributed by atoms with Gasteiger partial charge in [0.1, 0.15) is 5.75 Å². The highest BCUT2D eigenvalue weighted by atomic mass is 35.5. The predicted octanol–water partition coefficient (Wildman–Crippen LogP) is 4.03. The van der Waals surface area contributed by atoms with Gasteiger partial charge in [-0.2, -0.15) is 0 Å². The molecule has 0 spiro atoms. The van der Waals surface area contributed by atoms with Crippen molar-refractivity contribution >= 4 is 23.0 Å².